The summed E-state index contributed by atoms with van der Waals surface area (Å²) < 4.78 is 11.8. The number of hydrogen-bond acceptors (Lipinski definition) is 4. The SMILES string of the molecule is CN=C(NCc1ccccc1CN(C)C)NCc1ccc(C)cc1OCC1CCCO1.I. The lowest BCUT2D eigenvalue weighted by Crippen LogP contribution is -2.36. The third-order valence-electron chi connectivity index (χ3n) is 5.39. The van der Waals surface area contributed by atoms with Crippen LogP contribution in [0.1, 0.15) is 35.1 Å². The van der Waals surface area contributed by atoms with Crippen LogP contribution >= 0.6 is 24.0 Å². The van der Waals surface area contributed by atoms with E-state index in [4.69, 9.17) is 9.47 Å². The monoisotopic (exact) mass is 552 g/mol. The molecule has 0 aliphatic carbocycles. The van der Waals surface area contributed by atoms with Crippen molar-refractivity contribution in [1.82, 2.24) is 15.5 Å². The molecule has 32 heavy (non-hydrogen) atoms. The van der Waals surface area contributed by atoms with Crippen molar-refractivity contribution < 1.29 is 9.47 Å². The molecule has 7 heteroatoms. The number of rotatable bonds is 9. The van der Waals surface area contributed by atoms with E-state index >= 15 is 0 Å². The van der Waals surface area contributed by atoms with Gasteiger partial charge in [-0.25, -0.2) is 0 Å². The molecule has 1 fully saturated rings. The van der Waals surface area contributed by atoms with Gasteiger partial charge >= 0.3 is 0 Å². The number of aryl methyl sites for hydroxylation is 1. The van der Waals surface area contributed by atoms with E-state index < -0.39 is 0 Å². The fraction of sp³-hybridized carbons (Fsp3) is 0.480. The minimum atomic E-state index is 0. The van der Waals surface area contributed by atoms with E-state index in [1.54, 1.807) is 7.05 Å². The largest absolute Gasteiger partial charge is 0.491 e. The fourth-order valence-electron chi connectivity index (χ4n) is 3.70. The molecule has 0 bridgehead atoms. The number of ether oxygens (including phenoxy) is 2. The van der Waals surface area contributed by atoms with Gasteiger partial charge in [0.1, 0.15) is 12.4 Å². The highest BCUT2D eigenvalue weighted by molar-refractivity contribution is 14.0. The van der Waals surface area contributed by atoms with Crippen LogP contribution in [0.25, 0.3) is 0 Å². The van der Waals surface area contributed by atoms with E-state index in [1.165, 1.54) is 16.7 Å². The third kappa shape index (κ3) is 8.26. The minimum absolute atomic E-state index is 0. The van der Waals surface area contributed by atoms with Gasteiger partial charge in [-0.1, -0.05) is 36.4 Å². The third-order valence-corrected chi connectivity index (χ3v) is 5.39. The maximum absolute atomic E-state index is 6.12. The first-order chi connectivity index (χ1) is 15.0. The first kappa shape index (κ1) is 26.4. The molecule has 1 atom stereocenters. The van der Waals surface area contributed by atoms with E-state index in [1.807, 2.05) is 0 Å². The van der Waals surface area contributed by atoms with Crippen LogP contribution in [0, 0.1) is 6.92 Å². The second-order valence-electron chi connectivity index (χ2n) is 8.34. The van der Waals surface area contributed by atoms with Crippen molar-refractivity contribution >= 4 is 29.9 Å². The Morgan fingerprint density at radius 2 is 1.81 bits per heavy atom. The van der Waals surface area contributed by atoms with Gasteiger partial charge in [-0.2, -0.15) is 0 Å². The molecule has 0 radical (unpaired) electrons. The van der Waals surface area contributed by atoms with Crippen LogP contribution < -0.4 is 15.4 Å². The summed E-state index contributed by atoms with van der Waals surface area (Å²) in [5, 5.41) is 6.86. The zero-order chi connectivity index (χ0) is 22.1. The number of nitrogens with zero attached hydrogens (tertiary/aromatic N) is 2. The molecule has 6 nitrogen and oxygen atoms in total. The molecule has 1 heterocycles. The second kappa shape index (κ2) is 13.6. The van der Waals surface area contributed by atoms with Crippen molar-refractivity contribution in [1.29, 1.82) is 0 Å². The predicted molar refractivity (Wildman–Crippen MR) is 142 cm³/mol. The molecule has 0 aromatic heterocycles. The molecule has 2 aromatic rings. The van der Waals surface area contributed by atoms with Crippen LogP contribution in [-0.2, 0) is 24.4 Å². The van der Waals surface area contributed by atoms with Crippen molar-refractivity contribution in [3.8, 4) is 5.75 Å². The molecule has 0 saturated carbocycles. The van der Waals surface area contributed by atoms with Crippen LogP contribution in [-0.4, -0.2) is 51.3 Å². The van der Waals surface area contributed by atoms with Crippen molar-refractivity contribution in [2.75, 3.05) is 34.4 Å². The van der Waals surface area contributed by atoms with Crippen LogP contribution in [0.4, 0.5) is 0 Å². The number of aliphatic imine (C=N–C) groups is 1. The Balaban J connectivity index is 0.00000363. The highest BCUT2D eigenvalue weighted by Gasteiger charge is 2.17. The topological polar surface area (TPSA) is 58.1 Å². The van der Waals surface area contributed by atoms with Gasteiger partial charge in [-0.15, -0.1) is 24.0 Å². The van der Waals surface area contributed by atoms with Crippen LogP contribution in [0.15, 0.2) is 47.5 Å². The Hall–Kier alpha value is -1.84. The Labute approximate surface area is 209 Å². The van der Waals surface area contributed by atoms with E-state index in [0.717, 1.165) is 49.8 Å². The number of halogens is 1. The van der Waals surface area contributed by atoms with Gasteiger partial charge in [0.2, 0.25) is 0 Å². The standard InChI is InChI=1S/C25H36N4O2.HI/c1-19-11-12-21(24(14-19)31-18-23-10-7-13-30-23)16-28-25(26-2)27-15-20-8-5-6-9-22(20)17-29(3)4;/h5-6,8-9,11-12,14,23H,7,10,13,15-18H2,1-4H3,(H2,26,27,28);1H. The van der Waals surface area contributed by atoms with Gasteiger partial charge in [0.05, 0.1) is 6.10 Å². The summed E-state index contributed by atoms with van der Waals surface area (Å²) in [6, 6.07) is 14.8. The Morgan fingerprint density at radius 1 is 1.09 bits per heavy atom. The van der Waals surface area contributed by atoms with Gasteiger partial charge in [-0.3, -0.25) is 4.99 Å². The van der Waals surface area contributed by atoms with Crippen LogP contribution in [0.3, 0.4) is 0 Å². The van der Waals surface area contributed by atoms with Crippen LogP contribution in [0.2, 0.25) is 0 Å². The van der Waals surface area contributed by atoms with Gasteiger partial charge in [-0.05, 0) is 56.6 Å². The Bertz CT molecular complexity index is 867. The molecule has 0 spiro atoms. The van der Waals surface area contributed by atoms with Crippen LogP contribution in [0.5, 0.6) is 5.75 Å². The van der Waals surface area contributed by atoms with E-state index in [-0.39, 0.29) is 30.1 Å². The maximum atomic E-state index is 6.12. The van der Waals surface area contributed by atoms with E-state index in [9.17, 15) is 0 Å². The first-order valence-electron chi connectivity index (χ1n) is 11.0. The van der Waals surface area contributed by atoms with Crippen molar-refractivity contribution in [2.45, 2.75) is 45.5 Å². The van der Waals surface area contributed by atoms with Gasteiger partial charge in [0.15, 0.2) is 5.96 Å². The summed E-state index contributed by atoms with van der Waals surface area (Å²) in [6.07, 6.45) is 2.40. The highest BCUT2D eigenvalue weighted by atomic mass is 127. The van der Waals surface area contributed by atoms with Crippen molar-refractivity contribution in [3.63, 3.8) is 0 Å². The maximum Gasteiger partial charge on any atom is 0.191 e. The van der Waals surface area contributed by atoms with Gasteiger partial charge < -0.3 is 25.0 Å². The van der Waals surface area contributed by atoms with Crippen molar-refractivity contribution in [2.24, 2.45) is 4.99 Å². The molecule has 1 saturated heterocycles. The lowest BCUT2D eigenvalue weighted by atomic mass is 10.1. The van der Waals surface area contributed by atoms with E-state index in [2.05, 4.69) is 84.0 Å². The average Bonchev–Trinajstić information content (AvgIpc) is 3.27. The van der Waals surface area contributed by atoms with Gasteiger partial charge in [0, 0.05) is 38.9 Å². The molecule has 1 aliphatic heterocycles. The molecule has 3 rings (SSSR count). The van der Waals surface area contributed by atoms with Crippen molar-refractivity contribution in [3.05, 3.63) is 64.7 Å². The number of hydrogen-bond donors (Lipinski definition) is 2. The molecule has 2 aromatic carbocycles. The summed E-state index contributed by atoms with van der Waals surface area (Å²) >= 11 is 0. The predicted octanol–water partition coefficient (Wildman–Crippen LogP) is 4.10. The zero-order valence-electron chi connectivity index (χ0n) is 19.7. The van der Waals surface area contributed by atoms with Gasteiger partial charge in [0.25, 0.3) is 0 Å². The average molecular weight is 553 g/mol. The lowest BCUT2D eigenvalue weighted by Gasteiger charge is -2.18. The molecule has 0 amide bonds. The lowest BCUT2D eigenvalue weighted by molar-refractivity contribution is 0.0676. The minimum Gasteiger partial charge on any atom is -0.491 e. The molecule has 2 N–H and O–H groups in total. The summed E-state index contributed by atoms with van der Waals surface area (Å²) in [7, 11) is 5.97. The highest BCUT2D eigenvalue weighted by Crippen LogP contribution is 2.22. The number of nitrogens with one attached hydrogen (secondary N) is 2. The molecular weight excluding hydrogens is 515 g/mol. The zero-order valence-corrected chi connectivity index (χ0v) is 22.0. The molecular formula is C25H37IN4O2. The smallest absolute Gasteiger partial charge is 0.191 e. The van der Waals surface area contributed by atoms with E-state index in [0.29, 0.717) is 13.2 Å². The summed E-state index contributed by atoms with van der Waals surface area (Å²) in [6.45, 7) is 5.81. The quantitative estimate of drug-likeness (QED) is 0.279. The summed E-state index contributed by atoms with van der Waals surface area (Å²) in [5.41, 5.74) is 4.89. The summed E-state index contributed by atoms with van der Waals surface area (Å²) in [4.78, 5) is 6.57. The fourth-order valence-corrected chi connectivity index (χ4v) is 3.70. The normalized spacial score (nSPS) is 16.0. The Kier molecular flexibility index (Phi) is 11.3. The summed E-state index contributed by atoms with van der Waals surface area (Å²) in [5.74, 6) is 1.68. The molecule has 1 unspecified atom stereocenters. The molecule has 1 aliphatic rings. The number of benzene rings is 2. The number of guanidine groups is 1. The second-order valence-corrected chi connectivity index (χ2v) is 8.34. The Morgan fingerprint density at radius 3 is 2.47 bits per heavy atom. The first-order valence-corrected chi connectivity index (χ1v) is 11.0. The molecule has 176 valence electrons.